The Morgan fingerprint density at radius 3 is 2.37 bits per heavy atom. The maximum atomic E-state index is 12.5. The first-order valence-corrected chi connectivity index (χ1v) is 10.9. The molecular weight excluding hydrogens is 360 g/mol. The van der Waals surface area contributed by atoms with Gasteiger partial charge in [0.15, 0.2) is 0 Å². The average Bonchev–Trinajstić information content (AvgIpc) is 2.60. The molecule has 0 saturated carbocycles. The molecule has 2 aromatic carbocycles. The minimum atomic E-state index is -3.57. The molecule has 146 valence electrons. The lowest BCUT2D eigenvalue weighted by Crippen LogP contribution is -2.43. The van der Waals surface area contributed by atoms with Crippen molar-refractivity contribution in [1.82, 2.24) is 5.32 Å². The van der Waals surface area contributed by atoms with Crippen molar-refractivity contribution in [3.05, 3.63) is 65.2 Å². The van der Waals surface area contributed by atoms with E-state index in [-0.39, 0.29) is 18.5 Å². The van der Waals surface area contributed by atoms with E-state index in [4.69, 9.17) is 0 Å². The fourth-order valence-electron chi connectivity index (χ4n) is 2.94. The van der Waals surface area contributed by atoms with Crippen molar-refractivity contribution in [2.75, 3.05) is 17.1 Å². The molecule has 0 radical (unpaired) electrons. The topological polar surface area (TPSA) is 66.5 Å². The van der Waals surface area contributed by atoms with Gasteiger partial charge in [-0.05, 0) is 56.4 Å². The molecule has 0 fully saturated rings. The molecule has 6 heteroatoms. The first kappa shape index (κ1) is 21.0. The molecule has 0 bridgehead atoms. The number of carbonyl (C=O) groups excluding carboxylic acids is 1. The van der Waals surface area contributed by atoms with Crippen molar-refractivity contribution in [2.24, 2.45) is 0 Å². The van der Waals surface area contributed by atoms with Crippen LogP contribution in [0.4, 0.5) is 5.69 Å². The third-order valence-corrected chi connectivity index (χ3v) is 5.77. The monoisotopic (exact) mass is 388 g/mol. The molecule has 0 unspecified atom stereocenters. The summed E-state index contributed by atoms with van der Waals surface area (Å²) in [6, 6.07) is 15.5. The number of carbonyl (C=O) groups is 1. The molecule has 0 saturated heterocycles. The first-order valence-electron chi connectivity index (χ1n) is 9.05. The normalized spacial score (nSPS) is 12.4. The molecule has 1 N–H and O–H groups in total. The maximum absolute atomic E-state index is 12.5. The number of nitrogens with one attached hydrogen (secondary N) is 1. The van der Waals surface area contributed by atoms with Gasteiger partial charge in [0.1, 0.15) is 6.54 Å². The van der Waals surface area contributed by atoms with E-state index in [1.807, 2.05) is 45.0 Å². The van der Waals surface area contributed by atoms with Crippen molar-refractivity contribution in [1.29, 1.82) is 0 Å². The van der Waals surface area contributed by atoms with Crippen molar-refractivity contribution in [3.8, 4) is 0 Å². The predicted molar refractivity (Wildman–Crippen MR) is 110 cm³/mol. The summed E-state index contributed by atoms with van der Waals surface area (Å²) in [5, 5.41) is 2.91. The molecule has 1 amide bonds. The lowest BCUT2D eigenvalue weighted by Gasteiger charge is -2.25. The van der Waals surface area contributed by atoms with Gasteiger partial charge in [-0.25, -0.2) is 8.42 Å². The van der Waals surface area contributed by atoms with Crippen LogP contribution in [0.5, 0.6) is 0 Å². The number of benzene rings is 2. The molecule has 5 nitrogen and oxygen atoms in total. The largest absolute Gasteiger partial charge is 0.352 e. The number of aryl methyl sites for hydroxylation is 2. The van der Waals surface area contributed by atoms with Gasteiger partial charge in [-0.2, -0.15) is 0 Å². The van der Waals surface area contributed by atoms with Crippen molar-refractivity contribution in [2.45, 2.75) is 39.7 Å². The Labute approximate surface area is 162 Å². The number of amides is 1. The number of anilines is 1. The van der Waals surface area contributed by atoms with E-state index in [0.29, 0.717) is 5.69 Å². The van der Waals surface area contributed by atoms with E-state index < -0.39 is 10.0 Å². The molecule has 2 rings (SSSR count). The zero-order valence-corrected chi connectivity index (χ0v) is 17.2. The summed E-state index contributed by atoms with van der Waals surface area (Å²) in [4.78, 5) is 12.5. The van der Waals surface area contributed by atoms with Gasteiger partial charge in [-0.15, -0.1) is 0 Å². The second-order valence-corrected chi connectivity index (χ2v) is 8.89. The molecule has 0 heterocycles. The Balaban J connectivity index is 2.03. The van der Waals surface area contributed by atoms with Crippen molar-refractivity contribution in [3.63, 3.8) is 0 Å². The average molecular weight is 389 g/mol. The number of rotatable bonds is 8. The summed E-state index contributed by atoms with van der Waals surface area (Å²) < 4.78 is 25.7. The van der Waals surface area contributed by atoms with Crippen LogP contribution in [0.1, 0.15) is 30.0 Å². The second kappa shape index (κ2) is 9.04. The summed E-state index contributed by atoms with van der Waals surface area (Å²) in [5.41, 5.74) is 3.60. The third kappa shape index (κ3) is 6.10. The van der Waals surface area contributed by atoms with Gasteiger partial charge in [0.25, 0.3) is 0 Å². The van der Waals surface area contributed by atoms with Crippen molar-refractivity contribution >= 4 is 21.6 Å². The zero-order chi connectivity index (χ0) is 20.0. The Bertz CT molecular complexity index is 880. The van der Waals surface area contributed by atoms with E-state index in [9.17, 15) is 13.2 Å². The number of sulfonamides is 1. The molecule has 2 aromatic rings. The predicted octanol–water partition coefficient (Wildman–Crippen LogP) is 3.21. The molecular formula is C21H28N2O3S. The smallest absolute Gasteiger partial charge is 0.240 e. The fourth-order valence-corrected chi connectivity index (χ4v) is 3.84. The van der Waals surface area contributed by atoms with Crippen LogP contribution in [0.15, 0.2) is 48.5 Å². The van der Waals surface area contributed by atoms with Crippen LogP contribution in [-0.4, -0.2) is 33.2 Å². The number of hydrogen-bond donors (Lipinski definition) is 1. The highest BCUT2D eigenvalue weighted by Gasteiger charge is 2.23. The maximum Gasteiger partial charge on any atom is 0.240 e. The van der Waals surface area contributed by atoms with E-state index in [1.165, 1.54) is 9.87 Å². The van der Waals surface area contributed by atoms with Gasteiger partial charge < -0.3 is 5.32 Å². The molecule has 0 aromatic heterocycles. The summed E-state index contributed by atoms with van der Waals surface area (Å²) >= 11 is 0. The highest BCUT2D eigenvalue weighted by Crippen LogP contribution is 2.24. The Hall–Kier alpha value is -2.34. The van der Waals surface area contributed by atoms with Gasteiger partial charge in [0.2, 0.25) is 15.9 Å². The summed E-state index contributed by atoms with van der Waals surface area (Å²) in [6.45, 7) is 5.50. The fraction of sp³-hybridized carbons (Fsp3) is 0.381. The summed E-state index contributed by atoms with van der Waals surface area (Å²) in [6.07, 6.45) is 2.77. The standard InChI is InChI=1S/C21H28N2O3S/c1-16-9-8-12-20(18(16)3)23(27(4,25)26)15-21(24)22-17(2)13-14-19-10-6-5-7-11-19/h5-12,17H,13-15H2,1-4H3,(H,22,24)/t17-/m1/s1. The third-order valence-electron chi connectivity index (χ3n) is 4.65. The molecule has 1 atom stereocenters. The molecule has 0 spiro atoms. The highest BCUT2D eigenvalue weighted by molar-refractivity contribution is 7.92. The van der Waals surface area contributed by atoms with Gasteiger partial charge in [-0.3, -0.25) is 9.10 Å². The van der Waals surface area contributed by atoms with Crippen LogP contribution in [0.3, 0.4) is 0 Å². The molecule has 0 aliphatic rings. The van der Waals surface area contributed by atoms with Gasteiger partial charge >= 0.3 is 0 Å². The first-order chi connectivity index (χ1) is 12.7. The Morgan fingerprint density at radius 1 is 1.07 bits per heavy atom. The van der Waals surface area contributed by atoms with E-state index in [0.717, 1.165) is 30.2 Å². The van der Waals surface area contributed by atoms with Crippen LogP contribution in [0.2, 0.25) is 0 Å². The molecule has 0 aliphatic carbocycles. The lowest BCUT2D eigenvalue weighted by molar-refractivity contribution is -0.120. The molecule has 27 heavy (non-hydrogen) atoms. The lowest BCUT2D eigenvalue weighted by atomic mass is 10.1. The minimum absolute atomic E-state index is 0.0438. The van der Waals surface area contributed by atoms with Crippen LogP contribution < -0.4 is 9.62 Å². The van der Waals surface area contributed by atoms with E-state index in [1.54, 1.807) is 12.1 Å². The summed E-state index contributed by atoms with van der Waals surface area (Å²) in [7, 11) is -3.57. The number of hydrogen-bond acceptors (Lipinski definition) is 3. The molecule has 0 aliphatic heterocycles. The van der Waals surface area contributed by atoms with Gasteiger partial charge in [0.05, 0.1) is 11.9 Å². The van der Waals surface area contributed by atoms with Gasteiger partial charge in [0, 0.05) is 6.04 Å². The van der Waals surface area contributed by atoms with Crippen LogP contribution in [0, 0.1) is 13.8 Å². The van der Waals surface area contributed by atoms with E-state index >= 15 is 0 Å². The Kier molecular flexibility index (Phi) is 7.02. The quantitative estimate of drug-likeness (QED) is 0.755. The number of nitrogens with zero attached hydrogens (tertiary/aromatic N) is 1. The van der Waals surface area contributed by atoms with Crippen LogP contribution >= 0.6 is 0 Å². The highest BCUT2D eigenvalue weighted by atomic mass is 32.2. The summed E-state index contributed by atoms with van der Waals surface area (Å²) in [5.74, 6) is -0.304. The van der Waals surface area contributed by atoms with Crippen LogP contribution in [0.25, 0.3) is 0 Å². The van der Waals surface area contributed by atoms with Crippen molar-refractivity contribution < 1.29 is 13.2 Å². The Morgan fingerprint density at radius 2 is 1.74 bits per heavy atom. The van der Waals surface area contributed by atoms with Gasteiger partial charge in [-0.1, -0.05) is 42.5 Å². The SMILES string of the molecule is Cc1cccc(N(CC(=O)N[C@H](C)CCc2ccccc2)S(C)(=O)=O)c1C. The minimum Gasteiger partial charge on any atom is -0.352 e. The van der Waals surface area contributed by atoms with Crippen LogP contribution in [-0.2, 0) is 21.2 Å². The second-order valence-electron chi connectivity index (χ2n) is 6.98. The van der Waals surface area contributed by atoms with E-state index in [2.05, 4.69) is 17.4 Å². The zero-order valence-electron chi connectivity index (χ0n) is 16.4.